The lowest BCUT2D eigenvalue weighted by atomic mass is 9.49. The monoisotopic (exact) mass is 329 g/mol. The third-order valence-electron chi connectivity index (χ3n) is 6.66. The van der Waals surface area contributed by atoms with Gasteiger partial charge >= 0.3 is 0 Å². The molecule has 1 aromatic carbocycles. The third-order valence-corrected chi connectivity index (χ3v) is 6.66. The van der Waals surface area contributed by atoms with Gasteiger partial charge in [-0.3, -0.25) is 9.59 Å². The van der Waals surface area contributed by atoms with Gasteiger partial charge in [-0.25, -0.2) is 0 Å². The number of rotatable bonds is 0. The Bertz CT molecular complexity index is 805. The molecule has 2 unspecified atom stereocenters. The summed E-state index contributed by atoms with van der Waals surface area (Å²) in [5.41, 5.74) is -0.287. The molecule has 0 aromatic heterocycles. The maximum atomic E-state index is 12.6. The molecule has 126 valence electrons. The van der Waals surface area contributed by atoms with E-state index in [1.165, 1.54) is 6.92 Å². The van der Waals surface area contributed by atoms with E-state index in [1.54, 1.807) is 11.0 Å². The van der Waals surface area contributed by atoms with Crippen molar-refractivity contribution in [1.82, 2.24) is 4.90 Å². The summed E-state index contributed by atoms with van der Waals surface area (Å²) in [5, 5.41) is 22.0. The molecule has 5 rings (SSSR count). The Labute approximate surface area is 139 Å². The van der Waals surface area contributed by atoms with E-state index >= 15 is 0 Å². The first kappa shape index (κ1) is 14.3. The minimum Gasteiger partial charge on any atom is -0.504 e. The molecule has 1 saturated carbocycles. The number of piperidine rings is 1. The molecular weight excluding hydrogens is 310 g/mol. The number of aromatic hydroxyl groups is 1. The van der Waals surface area contributed by atoms with Gasteiger partial charge in [-0.15, -0.1) is 0 Å². The highest BCUT2D eigenvalue weighted by molar-refractivity contribution is 5.90. The molecule has 1 saturated heterocycles. The van der Waals surface area contributed by atoms with Crippen LogP contribution in [0.25, 0.3) is 0 Å². The van der Waals surface area contributed by atoms with Crippen LogP contribution in [0.15, 0.2) is 12.1 Å². The lowest BCUT2D eigenvalue weighted by Crippen LogP contribution is -2.77. The van der Waals surface area contributed by atoms with Crippen LogP contribution in [-0.4, -0.2) is 51.1 Å². The van der Waals surface area contributed by atoms with Crippen LogP contribution < -0.4 is 4.74 Å². The Morgan fingerprint density at radius 1 is 1.38 bits per heavy atom. The number of ether oxygens (including phenoxy) is 1. The zero-order chi connectivity index (χ0) is 16.9. The number of phenolic OH excluding ortho intramolecular Hbond substituents is 1. The molecule has 1 spiro atoms. The van der Waals surface area contributed by atoms with Crippen LogP contribution in [0.5, 0.6) is 11.5 Å². The van der Waals surface area contributed by atoms with E-state index in [4.69, 9.17) is 4.74 Å². The molecule has 2 fully saturated rings. The number of nitrogens with zero attached hydrogens (tertiary/aromatic N) is 1. The highest BCUT2D eigenvalue weighted by Crippen LogP contribution is 2.64. The summed E-state index contributed by atoms with van der Waals surface area (Å²) >= 11 is 0. The molecule has 1 aromatic rings. The zero-order valence-corrected chi connectivity index (χ0v) is 13.4. The van der Waals surface area contributed by atoms with Crippen molar-refractivity contribution in [1.29, 1.82) is 0 Å². The van der Waals surface area contributed by atoms with Crippen molar-refractivity contribution in [2.75, 3.05) is 6.54 Å². The van der Waals surface area contributed by atoms with Crippen LogP contribution >= 0.6 is 0 Å². The van der Waals surface area contributed by atoms with Gasteiger partial charge in [0.15, 0.2) is 23.4 Å². The van der Waals surface area contributed by atoms with Crippen molar-refractivity contribution in [3.05, 3.63) is 23.3 Å². The maximum Gasteiger partial charge on any atom is 0.219 e. The zero-order valence-electron chi connectivity index (χ0n) is 13.4. The van der Waals surface area contributed by atoms with Gasteiger partial charge < -0.3 is 19.8 Å². The second-order valence-electron chi connectivity index (χ2n) is 7.49. The molecule has 0 radical (unpaired) electrons. The van der Waals surface area contributed by atoms with Gasteiger partial charge in [0.25, 0.3) is 0 Å². The summed E-state index contributed by atoms with van der Waals surface area (Å²) in [7, 11) is 0. The summed E-state index contributed by atoms with van der Waals surface area (Å²) in [6.07, 6.45) is 0.781. The number of hydrogen-bond acceptors (Lipinski definition) is 5. The van der Waals surface area contributed by atoms with Gasteiger partial charge in [-0.2, -0.15) is 0 Å². The van der Waals surface area contributed by atoms with Crippen molar-refractivity contribution in [3.63, 3.8) is 0 Å². The molecule has 2 N–H and O–H groups in total. The number of amides is 1. The van der Waals surface area contributed by atoms with Gasteiger partial charge in [0.05, 0.1) is 17.1 Å². The predicted molar refractivity (Wildman–Crippen MR) is 82.9 cm³/mol. The largest absolute Gasteiger partial charge is 0.504 e. The first-order chi connectivity index (χ1) is 11.4. The van der Waals surface area contributed by atoms with Gasteiger partial charge in [-0.1, -0.05) is 6.07 Å². The molecule has 2 bridgehead atoms. The minimum atomic E-state index is -1.19. The fraction of sp³-hybridized carbons (Fsp3) is 0.556. The van der Waals surface area contributed by atoms with Crippen molar-refractivity contribution in [2.24, 2.45) is 0 Å². The number of benzene rings is 1. The van der Waals surface area contributed by atoms with Crippen LogP contribution in [-0.2, 0) is 21.4 Å². The lowest BCUT2D eigenvalue weighted by Gasteiger charge is -2.62. The normalized spacial score (nSPS) is 38.6. The second kappa shape index (κ2) is 4.11. The highest BCUT2D eigenvalue weighted by Gasteiger charge is 2.73. The number of aliphatic hydroxyl groups is 1. The number of Topliss-reactive ketones (excluding diaryl/α,β-unsaturated/α-hetero) is 1. The molecule has 24 heavy (non-hydrogen) atoms. The van der Waals surface area contributed by atoms with Gasteiger partial charge in [0.2, 0.25) is 5.91 Å². The van der Waals surface area contributed by atoms with E-state index in [0.717, 1.165) is 11.1 Å². The topological polar surface area (TPSA) is 87.1 Å². The van der Waals surface area contributed by atoms with E-state index in [9.17, 15) is 19.8 Å². The third kappa shape index (κ3) is 1.30. The molecule has 2 aliphatic heterocycles. The molecule has 2 heterocycles. The van der Waals surface area contributed by atoms with Gasteiger partial charge in [0.1, 0.15) is 0 Å². The summed E-state index contributed by atoms with van der Waals surface area (Å²) in [5.74, 6) is 0.275. The Morgan fingerprint density at radius 2 is 2.17 bits per heavy atom. The number of ketones is 1. The molecule has 2 aliphatic carbocycles. The Hall–Kier alpha value is -2.08. The fourth-order valence-electron chi connectivity index (χ4n) is 5.70. The Morgan fingerprint density at radius 3 is 2.92 bits per heavy atom. The summed E-state index contributed by atoms with van der Waals surface area (Å²) in [4.78, 5) is 26.4. The van der Waals surface area contributed by atoms with Crippen LogP contribution in [0, 0.1) is 0 Å². The number of phenols is 1. The Kier molecular flexibility index (Phi) is 2.45. The molecular formula is C18H19NO5. The van der Waals surface area contributed by atoms with Crippen LogP contribution in [0.4, 0.5) is 0 Å². The van der Waals surface area contributed by atoms with E-state index in [0.29, 0.717) is 31.6 Å². The van der Waals surface area contributed by atoms with Crippen molar-refractivity contribution >= 4 is 11.7 Å². The average Bonchev–Trinajstić information content (AvgIpc) is 2.88. The van der Waals surface area contributed by atoms with Crippen LogP contribution in [0.1, 0.15) is 37.3 Å². The van der Waals surface area contributed by atoms with Gasteiger partial charge in [0, 0.05) is 25.5 Å². The second-order valence-corrected chi connectivity index (χ2v) is 7.49. The fourth-order valence-corrected chi connectivity index (χ4v) is 5.70. The summed E-state index contributed by atoms with van der Waals surface area (Å²) in [6.45, 7) is 2.01. The smallest absolute Gasteiger partial charge is 0.219 e. The minimum absolute atomic E-state index is 0.0140. The van der Waals surface area contributed by atoms with E-state index in [1.807, 2.05) is 6.07 Å². The van der Waals surface area contributed by atoms with Crippen LogP contribution in [0.3, 0.4) is 0 Å². The van der Waals surface area contributed by atoms with E-state index < -0.39 is 17.1 Å². The summed E-state index contributed by atoms with van der Waals surface area (Å²) in [6, 6.07) is 3.05. The quantitative estimate of drug-likeness (QED) is 0.730. The number of carbonyl (C=O) groups excluding carboxylic acids is 2. The number of carbonyl (C=O) groups is 2. The average molecular weight is 329 g/mol. The predicted octanol–water partition coefficient (Wildman–Crippen LogP) is 0.662. The van der Waals surface area contributed by atoms with Crippen molar-refractivity contribution in [3.8, 4) is 11.5 Å². The van der Waals surface area contributed by atoms with E-state index in [-0.39, 0.29) is 29.9 Å². The molecule has 4 atom stereocenters. The van der Waals surface area contributed by atoms with Crippen molar-refractivity contribution < 1.29 is 24.5 Å². The van der Waals surface area contributed by atoms with Crippen LogP contribution in [0.2, 0.25) is 0 Å². The standard InChI is InChI=1S/C18H19NO5/c1-9(20)19-7-6-17-14-10-2-3-11(21)15(14)24-16(17)12(22)4-5-18(17,23)13(19)8-10/h2-3,13,16,21,23H,4-8H2,1H3/t13-,16?,17+,18?/m1/s1. The Balaban J connectivity index is 1.83. The SMILES string of the molecule is CC(=O)N1CC[C@]23c4c5ccc(O)c4OC2C(=O)CCC3(O)[C@H]1C5. The maximum absolute atomic E-state index is 12.6. The lowest BCUT2D eigenvalue weighted by molar-refractivity contribution is -0.191. The summed E-state index contributed by atoms with van der Waals surface area (Å²) < 4.78 is 5.92. The first-order valence-electron chi connectivity index (χ1n) is 8.44. The molecule has 6 heteroatoms. The molecule has 4 aliphatic rings. The molecule has 1 amide bonds. The number of hydrogen-bond donors (Lipinski definition) is 2. The number of likely N-dealkylation sites (tertiary alicyclic amines) is 1. The van der Waals surface area contributed by atoms with E-state index in [2.05, 4.69) is 0 Å². The first-order valence-corrected chi connectivity index (χ1v) is 8.44. The van der Waals surface area contributed by atoms with Gasteiger partial charge in [-0.05, 0) is 30.9 Å². The van der Waals surface area contributed by atoms with Crippen molar-refractivity contribution in [2.45, 2.75) is 55.8 Å². The molecule has 6 nitrogen and oxygen atoms in total. The highest BCUT2D eigenvalue weighted by atomic mass is 16.5.